The van der Waals surface area contributed by atoms with Crippen molar-refractivity contribution in [2.45, 2.75) is 38.1 Å². The van der Waals surface area contributed by atoms with E-state index in [1.54, 1.807) is 7.11 Å². The highest BCUT2D eigenvalue weighted by Crippen LogP contribution is 2.31. The lowest BCUT2D eigenvalue weighted by Crippen LogP contribution is -2.44. The zero-order chi connectivity index (χ0) is 19.5. The number of para-hydroxylation sites is 1. The number of likely N-dealkylation sites (tertiary alicyclic amines) is 1. The van der Waals surface area contributed by atoms with Gasteiger partial charge in [-0.05, 0) is 37.7 Å². The molecule has 152 valence electrons. The zero-order valence-electron chi connectivity index (χ0n) is 16.8. The minimum absolute atomic E-state index is 0.0167. The van der Waals surface area contributed by atoms with E-state index in [1.165, 1.54) is 12.8 Å². The molecule has 0 spiro atoms. The van der Waals surface area contributed by atoms with Crippen LogP contribution in [0.4, 0.5) is 0 Å². The van der Waals surface area contributed by atoms with E-state index in [0.717, 1.165) is 62.8 Å². The first kappa shape index (κ1) is 19.2. The van der Waals surface area contributed by atoms with E-state index >= 15 is 0 Å². The van der Waals surface area contributed by atoms with Crippen LogP contribution < -0.4 is 4.74 Å². The van der Waals surface area contributed by atoms with Crippen LogP contribution in [0.5, 0.6) is 5.75 Å². The fourth-order valence-electron chi connectivity index (χ4n) is 4.48. The molecule has 1 aliphatic carbocycles. The summed E-state index contributed by atoms with van der Waals surface area (Å²) in [6.45, 7) is 4.98. The molecule has 3 aliphatic rings. The van der Waals surface area contributed by atoms with Crippen molar-refractivity contribution in [3.05, 3.63) is 29.8 Å². The zero-order valence-corrected chi connectivity index (χ0v) is 16.8. The Labute approximate surface area is 167 Å². The van der Waals surface area contributed by atoms with E-state index in [-0.39, 0.29) is 11.9 Å². The Kier molecular flexibility index (Phi) is 5.85. The van der Waals surface area contributed by atoms with Crippen molar-refractivity contribution < 1.29 is 14.3 Å². The number of ether oxygens (including phenoxy) is 1. The molecule has 0 aromatic heterocycles. The van der Waals surface area contributed by atoms with Crippen molar-refractivity contribution in [3.63, 3.8) is 0 Å². The van der Waals surface area contributed by atoms with Crippen molar-refractivity contribution in [2.24, 2.45) is 5.92 Å². The minimum atomic E-state index is 0.0167. The molecular formula is C22H31N3O3. The Morgan fingerprint density at radius 2 is 1.89 bits per heavy atom. The molecule has 2 amide bonds. The highest BCUT2D eigenvalue weighted by Gasteiger charge is 2.38. The van der Waals surface area contributed by atoms with E-state index in [0.29, 0.717) is 18.9 Å². The van der Waals surface area contributed by atoms with Crippen LogP contribution in [0.25, 0.3) is 0 Å². The SMILES string of the molecule is COc1ccccc1CC(=O)N1CCCN(C2CCN(CC3CC3)C2=O)CC1. The summed E-state index contributed by atoms with van der Waals surface area (Å²) in [5, 5.41) is 0. The first-order valence-electron chi connectivity index (χ1n) is 10.6. The van der Waals surface area contributed by atoms with Gasteiger partial charge in [0.05, 0.1) is 19.6 Å². The summed E-state index contributed by atoms with van der Waals surface area (Å²) in [4.78, 5) is 32.0. The Bertz CT molecular complexity index is 719. The van der Waals surface area contributed by atoms with Crippen LogP contribution in [-0.4, -0.2) is 78.9 Å². The predicted octanol–water partition coefficient (Wildman–Crippen LogP) is 1.78. The van der Waals surface area contributed by atoms with Crippen LogP contribution in [0.1, 0.15) is 31.2 Å². The molecule has 2 aliphatic heterocycles. The number of carbonyl (C=O) groups is 2. The molecular weight excluding hydrogens is 354 g/mol. The standard InChI is InChI=1S/C22H31N3O3/c1-28-20-6-3-2-5-18(20)15-21(26)24-11-4-10-23(13-14-24)19-9-12-25(22(19)27)16-17-7-8-17/h2-3,5-6,17,19H,4,7-16H2,1H3. The molecule has 2 saturated heterocycles. The largest absolute Gasteiger partial charge is 0.496 e. The van der Waals surface area contributed by atoms with Crippen LogP contribution >= 0.6 is 0 Å². The maximum atomic E-state index is 12.8. The Balaban J connectivity index is 1.32. The van der Waals surface area contributed by atoms with Gasteiger partial charge in [-0.2, -0.15) is 0 Å². The van der Waals surface area contributed by atoms with E-state index in [1.807, 2.05) is 29.2 Å². The summed E-state index contributed by atoms with van der Waals surface area (Å²) < 4.78 is 5.38. The van der Waals surface area contributed by atoms with Gasteiger partial charge in [0, 0.05) is 44.8 Å². The molecule has 1 aromatic rings. The lowest BCUT2D eigenvalue weighted by atomic mass is 10.1. The first-order valence-corrected chi connectivity index (χ1v) is 10.6. The molecule has 4 rings (SSSR count). The first-order chi connectivity index (χ1) is 13.7. The predicted molar refractivity (Wildman–Crippen MR) is 107 cm³/mol. The summed E-state index contributed by atoms with van der Waals surface area (Å²) in [6.07, 6.45) is 4.77. The third-order valence-corrected chi connectivity index (χ3v) is 6.30. The molecule has 1 saturated carbocycles. The summed E-state index contributed by atoms with van der Waals surface area (Å²) >= 11 is 0. The molecule has 0 N–H and O–H groups in total. The lowest BCUT2D eigenvalue weighted by molar-refractivity contribution is -0.132. The quantitative estimate of drug-likeness (QED) is 0.749. The molecule has 1 unspecified atom stereocenters. The van der Waals surface area contributed by atoms with Gasteiger partial charge in [0.15, 0.2) is 0 Å². The van der Waals surface area contributed by atoms with Gasteiger partial charge in [-0.1, -0.05) is 18.2 Å². The van der Waals surface area contributed by atoms with E-state index < -0.39 is 0 Å². The Morgan fingerprint density at radius 1 is 1.07 bits per heavy atom. The number of amides is 2. The van der Waals surface area contributed by atoms with Gasteiger partial charge in [-0.25, -0.2) is 0 Å². The summed E-state index contributed by atoms with van der Waals surface area (Å²) in [7, 11) is 1.64. The summed E-state index contributed by atoms with van der Waals surface area (Å²) in [5.74, 6) is 1.95. The molecule has 6 heteroatoms. The molecule has 1 atom stereocenters. The third-order valence-electron chi connectivity index (χ3n) is 6.30. The van der Waals surface area contributed by atoms with Crippen LogP contribution in [0, 0.1) is 5.92 Å². The number of hydrogen-bond acceptors (Lipinski definition) is 4. The van der Waals surface area contributed by atoms with Crippen LogP contribution in [0.3, 0.4) is 0 Å². The van der Waals surface area contributed by atoms with Gasteiger partial charge in [0.2, 0.25) is 11.8 Å². The number of nitrogens with zero attached hydrogens (tertiary/aromatic N) is 3. The van der Waals surface area contributed by atoms with Crippen molar-refractivity contribution in [1.29, 1.82) is 0 Å². The van der Waals surface area contributed by atoms with Crippen LogP contribution in [-0.2, 0) is 16.0 Å². The van der Waals surface area contributed by atoms with Crippen LogP contribution in [0.2, 0.25) is 0 Å². The lowest BCUT2D eigenvalue weighted by Gasteiger charge is -2.26. The summed E-state index contributed by atoms with van der Waals surface area (Å²) in [5.41, 5.74) is 0.929. The van der Waals surface area contributed by atoms with Gasteiger partial charge < -0.3 is 14.5 Å². The minimum Gasteiger partial charge on any atom is -0.496 e. The number of methoxy groups -OCH3 is 1. The Hall–Kier alpha value is -2.08. The molecule has 28 heavy (non-hydrogen) atoms. The number of hydrogen-bond donors (Lipinski definition) is 0. The molecule has 0 bridgehead atoms. The fourth-order valence-corrected chi connectivity index (χ4v) is 4.48. The second kappa shape index (κ2) is 8.52. The van der Waals surface area contributed by atoms with E-state index in [9.17, 15) is 9.59 Å². The topological polar surface area (TPSA) is 53.1 Å². The average molecular weight is 386 g/mol. The van der Waals surface area contributed by atoms with Gasteiger partial charge in [-0.15, -0.1) is 0 Å². The van der Waals surface area contributed by atoms with Crippen molar-refractivity contribution in [1.82, 2.24) is 14.7 Å². The average Bonchev–Trinajstić information content (AvgIpc) is 3.49. The normalized spacial score (nSPS) is 23.8. The molecule has 0 radical (unpaired) electrons. The van der Waals surface area contributed by atoms with Gasteiger partial charge in [0.1, 0.15) is 5.75 Å². The third kappa shape index (κ3) is 4.32. The molecule has 1 aromatic carbocycles. The second-order valence-corrected chi connectivity index (χ2v) is 8.29. The van der Waals surface area contributed by atoms with E-state index in [2.05, 4.69) is 9.80 Å². The molecule has 2 heterocycles. The maximum absolute atomic E-state index is 12.8. The monoisotopic (exact) mass is 385 g/mol. The fraction of sp³-hybridized carbons (Fsp3) is 0.636. The molecule has 3 fully saturated rings. The number of carbonyl (C=O) groups excluding carboxylic acids is 2. The summed E-state index contributed by atoms with van der Waals surface area (Å²) in [6, 6.07) is 7.72. The number of benzene rings is 1. The van der Waals surface area contributed by atoms with Crippen LogP contribution in [0.15, 0.2) is 24.3 Å². The van der Waals surface area contributed by atoms with Gasteiger partial charge in [-0.3, -0.25) is 14.5 Å². The maximum Gasteiger partial charge on any atom is 0.240 e. The molecule has 6 nitrogen and oxygen atoms in total. The van der Waals surface area contributed by atoms with Crippen molar-refractivity contribution in [3.8, 4) is 5.75 Å². The smallest absolute Gasteiger partial charge is 0.240 e. The van der Waals surface area contributed by atoms with Crippen molar-refractivity contribution >= 4 is 11.8 Å². The van der Waals surface area contributed by atoms with Gasteiger partial charge in [0.25, 0.3) is 0 Å². The number of rotatable bonds is 6. The van der Waals surface area contributed by atoms with Gasteiger partial charge >= 0.3 is 0 Å². The Morgan fingerprint density at radius 3 is 2.68 bits per heavy atom. The van der Waals surface area contributed by atoms with Crippen molar-refractivity contribution in [2.75, 3.05) is 46.4 Å². The highest BCUT2D eigenvalue weighted by molar-refractivity contribution is 5.84. The highest BCUT2D eigenvalue weighted by atomic mass is 16.5. The second-order valence-electron chi connectivity index (χ2n) is 8.29. The van der Waals surface area contributed by atoms with E-state index in [4.69, 9.17) is 4.74 Å².